The van der Waals surface area contributed by atoms with E-state index in [0.717, 1.165) is 13.0 Å². The molecular formula is C27H57NO. The first-order chi connectivity index (χ1) is 14.3. The van der Waals surface area contributed by atoms with Gasteiger partial charge in [0.15, 0.2) is 0 Å². The Labute approximate surface area is 185 Å². The van der Waals surface area contributed by atoms with Gasteiger partial charge in [0.1, 0.15) is 6.23 Å². The minimum Gasteiger partial charge on any atom is -0.379 e. The van der Waals surface area contributed by atoms with E-state index in [1.54, 1.807) is 0 Å². The monoisotopic (exact) mass is 411 g/mol. The lowest BCUT2D eigenvalue weighted by Gasteiger charge is -2.12. The molecule has 0 heterocycles. The molecule has 1 atom stereocenters. The lowest BCUT2D eigenvalue weighted by molar-refractivity contribution is 0.124. The number of nitrogens with one attached hydrogen (secondary N) is 1. The molecule has 0 bridgehead atoms. The molecule has 176 valence electrons. The van der Waals surface area contributed by atoms with E-state index in [2.05, 4.69) is 19.2 Å². The molecule has 0 fully saturated rings. The van der Waals surface area contributed by atoms with Crippen LogP contribution in [0.5, 0.6) is 0 Å². The fourth-order valence-electron chi connectivity index (χ4n) is 4.16. The van der Waals surface area contributed by atoms with E-state index in [9.17, 15) is 5.11 Å². The predicted molar refractivity (Wildman–Crippen MR) is 132 cm³/mol. The van der Waals surface area contributed by atoms with Gasteiger partial charge >= 0.3 is 0 Å². The smallest absolute Gasteiger partial charge is 0.104 e. The Balaban J connectivity index is 3.06. The van der Waals surface area contributed by atoms with Crippen molar-refractivity contribution in [2.24, 2.45) is 0 Å². The Kier molecular flexibility index (Phi) is 25.9. The fraction of sp³-hybridized carbons (Fsp3) is 1.00. The topological polar surface area (TPSA) is 32.3 Å². The van der Waals surface area contributed by atoms with Gasteiger partial charge in [0.25, 0.3) is 0 Å². The number of aliphatic hydroxyl groups excluding tert-OH is 1. The highest BCUT2D eigenvalue weighted by Crippen LogP contribution is 2.15. The van der Waals surface area contributed by atoms with Gasteiger partial charge in [-0.15, -0.1) is 0 Å². The average molecular weight is 412 g/mol. The molecule has 2 N–H and O–H groups in total. The highest BCUT2D eigenvalue weighted by atomic mass is 16.3. The van der Waals surface area contributed by atoms with Crippen LogP contribution in [0.25, 0.3) is 0 Å². The van der Waals surface area contributed by atoms with Crippen LogP contribution in [0.15, 0.2) is 0 Å². The molecule has 1 unspecified atom stereocenters. The molecule has 29 heavy (non-hydrogen) atoms. The number of unbranched alkanes of at least 4 members (excludes halogenated alkanes) is 20. The first-order valence-corrected chi connectivity index (χ1v) is 13.7. The van der Waals surface area contributed by atoms with Gasteiger partial charge in [0, 0.05) is 0 Å². The summed E-state index contributed by atoms with van der Waals surface area (Å²) in [5, 5.41) is 13.1. The van der Waals surface area contributed by atoms with Crippen LogP contribution in [0, 0.1) is 0 Å². The van der Waals surface area contributed by atoms with Crippen LogP contribution in [-0.4, -0.2) is 17.9 Å². The molecule has 0 radical (unpaired) electrons. The number of hydrogen-bond acceptors (Lipinski definition) is 2. The molecule has 0 aliphatic rings. The van der Waals surface area contributed by atoms with Crippen LogP contribution >= 0.6 is 0 Å². The summed E-state index contributed by atoms with van der Waals surface area (Å²) < 4.78 is 0. The lowest BCUT2D eigenvalue weighted by atomic mass is 10.0. The van der Waals surface area contributed by atoms with Crippen LogP contribution < -0.4 is 5.32 Å². The summed E-state index contributed by atoms with van der Waals surface area (Å²) in [7, 11) is 0. The molecule has 0 aliphatic heterocycles. The molecule has 0 aromatic rings. The highest BCUT2D eigenvalue weighted by molar-refractivity contribution is 4.56. The maximum absolute atomic E-state index is 9.88. The maximum atomic E-state index is 9.88. The molecule has 0 aromatic carbocycles. The van der Waals surface area contributed by atoms with Gasteiger partial charge < -0.3 is 5.11 Å². The molecule has 2 heteroatoms. The second kappa shape index (κ2) is 26.0. The third-order valence-corrected chi connectivity index (χ3v) is 6.24. The van der Waals surface area contributed by atoms with E-state index in [-0.39, 0.29) is 6.23 Å². The van der Waals surface area contributed by atoms with Crippen LogP contribution in [-0.2, 0) is 0 Å². The second-order valence-electron chi connectivity index (χ2n) is 9.33. The summed E-state index contributed by atoms with van der Waals surface area (Å²) in [6.07, 6.45) is 31.2. The summed E-state index contributed by atoms with van der Waals surface area (Å²) in [4.78, 5) is 0. The normalized spacial score (nSPS) is 12.5. The first kappa shape index (κ1) is 28.9. The van der Waals surface area contributed by atoms with E-state index in [1.165, 1.54) is 141 Å². The summed E-state index contributed by atoms with van der Waals surface area (Å²) in [5.74, 6) is 0. The van der Waals surface area contributed by atoms with Crippen molar-refractivity contribution in [1.29, 1.82) is 0 Å². The zero-order valence-electron chi connectivity index (χ0n) is 20.5. The van der Waals surface area contributed by atoms with Crippen LogP contribution in [0.4, 0.5) is 0 Å². The fourth-order valence-corrected chi connectivity index (χ4v) is 4.16. The van der Waals surface area contributed by atoms with E-state index in [1.807, 2.05) is 0 Å². The average Bonchev–Trinajstić information content (AvgIpc) is 2.73. The highest BCUT2D eigenvalue weighted by Gasteiger charge is 2.02. The van der Waals surface area contributed by atoms with Gasteiger partial charge in [-0.05, 0) is 25.8 Å². The Bertz CT molecular complexity index is 282. The van der Waals surface area contributed by atoms with E-state index >= 15 is 0 Å². The zero-order valence-corrected chi connectivity index (χ0v) is 20.5. The Hall–Kier alpha value is -0.0800. The standard InChI is InChI=1S/C27H57NO/c1-3-5-7-8-9-10-11-12-13-14-15-16-17-18-19-20-21-22-23-25-27(29)28-26-24-6-4-2/h27-29H,3-26H2,1-2H3. The Morgan fingerprint density at radius 2 is 0.759 bits per heavy atom. The van der Waals surface area contributed by atoms with E-state index in [4.69, 9.17) is 0 Å². The van der Waals surface area contributed by atoms with Gasteiger partial charge in [-0.2, -0.15) is 0 Å². The quantitative estimate of drug-likeness (QED) is 0.116. The lowest BCUT2D eigenvalue weighted by Crippen LogP contribution is -2.29. The van der Waals surface area contributed by atoms with Gasteiger partial charge in [-0.1, -0.05) is 142 Å². The minimum atomic E-state index is -0.280. The third kappa shape index (κ3) is 25.9. The molecule has 2 nitrogen and oxygen atoms in total. The second-order valence-corrected chi connectivity index (χ2v) is 9.33. The van der Waals surface area contributed by atoms with Gasteiger partial charge in [-0.3, -0.25) is 5.32 Å². The number of hydrogen-bond donors (Lipinski definition) is 2. The van der Waals surface area contributed by atoms with Crippen molar-refractivity contribution in [2.75, 3.05) is 6.54 Å². The van der Waals surface area contributed by atoms with Crippen molar-refractivity contribution in [2.45, 2.75) is 168 Å². The largest absolute Gasteiger partial charge is 0.379 e. The molecule has 0 rings (SSSR count). The van der Waals surface area contributed by atoms with Crippen LogP contribution in [0.1, 0.15) is 162 Å². The molecule has 0 spiro atoms. The molecule has 0 aromatic heterocycles. The van der Waals surface area contributed by atoms with Crippen molar-refractivity contribution < 1.29 is 5.11 Å². The van der Waals surface area contributed by atoms with Crippen molar-refractivity contribution >= 4 is 0 Å². The number of rotatable bonds is 25. The zero-order chi connectivity index (χ0) is 21.3. The van der Waals surface area contributed by atoms with E-state index in [0.29, 0.717) is 0 Å². The van der Waals surface area contributed by atoms with E-state index < -0.39 is 0 Å². The SMILES string of the molecule is CCCCCCCCCCCCCCCCCCCCCC(O)NCCCCC. The molecule has 0 aliphatic carbocycles. The first-order valence-electron chi connectivity index (χ1n) is 13.7. The van der Waals surface area contributed by atoms with Crippen LogP contribution in [0.2, 0.25) is 0 Å². The minimum absolute atomic E-state index is 0.280. The molecular weight excluding hydrogens is 354 g/mol. The van der Waals surface area contributed by atoms with Gasteiger partial charge in [0.05, 0.1) is 0 Å². The van der Waals surface area contributed by atoms with Gasteiger partial charge in [0.2, 0.25) is 0 Å². The predicted octanol–water partition coefficient (Wildman–Crippen LogP) is 8.91. The molecule has 0 saturated carbocycles. The maximum Gasteiger partial charge on any atom is 0.104 e. The molecule has 0 saturated heterocycles. The van der Waals surface area contributed by atoms with Gasteiger partial charge in [-0.25, -0.2) is 0 Å². The van der Waals surface area contributed by atoms with Crippen LogP contribution in [0.3, 0.4) is 0 Å². The summed E-state index contributed by atoms with van der Waals surface area (Å²) in [6, 6.07) is 0. The van der Waals surface area contributed by atoms with Crippen molar-refractivity contribution in [1.82, 2.24) is 5.32 Å². The third-order valence-electron chi connectivity index (χ3n) is 6.24. The van der Waals surface area contributed by atoms with Crippen molar-refractivity contribution in [3.05, 3.63) is 0 Å². The molecule has 0 amide bonds. The Morgan fingerprint density at radius 1 is 0.448 bits per heavy atom. The number of aliphatic hydroxyl groups is 1. The summed E-state index contributed by atoms with van der Waals surface area (Å²) >= 11 is 0. The summed E-state index contributed by atoms with van der Waals surface area (Å²) in [5.41, 5.74) is 0. The van der Waals surface area contributed by atoms with Crippen molar-refractivity contribution in [3.8, 4) is 0 Å². The summed E-state index contributed by atoms with van der Waals surface area (Å²) in [6.45, 7) is 5.48. The Morgan fingerprint density at radius 3 is 1.14 bits per heavy atom. The van der Waals surface area contributed by atoms with Crippen molar-refractivity contribution in [3.63, 3.8) is 0 Å².